The minimum atomic E-state index is -5.19. The molecule has 40 heavy (non-hydrogen) atoms. The van der Waals surface area contributed by atoms with Gasteiger partial charge in [-0.3, -0.25) is 19.9 Å². The Morgan fingerprint density at radius 1 is 1.00 bits per heavy atom. The van der Waals surface area contributed by atoms with E-state index in [-0.39, 0.29) is 29.4 Å². The first-order valence-electron chi connectivity index (χ1n) is 11.8. The van der Waals surface area contributed by atoms with Gasteiger partial charge in [-0.1, -0.05) is 41.9 Å². The van der Waals surface area contributed by atoms with Crippen LogP contribution >= 0.6 is 11.6 Å². The molecule has 3 aromatic rings. The third-order valence-corrected chi connectivity index (χ3v) is 6.28. The molecule has 0 bridgehead atoms. The summed E-state index contributed by atoms with van der Waals surface area (Å²) in [6.07, 6.45) is -9.51. The maximum atomic E-state index is 14.4. The van der Waals surface area contributed by atoms with Crippen molar-refractivity contribution >= 4 is 39.9 Å². The summed E-state index contributed by atoms with van der Waals surface area (Å²) in [5.74, 6) is -0.991. The van der Waals surface area contributed by atoms with Gasteiger partial charge < -0.3 is 10.6 Å². The molecule has 2 amide bonds. The van der Waals surface area contributed by atoms with Crippen molar-refractivity contribution in [3.63, 3.8) is 0 Å². The largest absolute Gasteiger partial charge is 0.428 e. The lowest BCUT2D eigenvalue weighted by molar-refractivity contribution is -0.269. The number of carbonyl (C=O) groups is 2. The Labute approximate surface area is 229 Å². The third kappa shape index (κ3) is 5.73. The molecule has 1 aliphatic rings. The SMILES string of the molecule is CC(C)NC(=O)CNC(=O)c1ccc(C2=CC(c3cc(Cl)cc(C(F)(F)F)c3)(C(F)(F)F)ON2)c2ccccc12. The van der Waals surface area contributed by atoms with E-state index in [1.807, 2.05) is 0 Å². The van der Waals surface area contributed by atoms with Crippen molar-refractivity contribution in [3.8, 4) is 0 Å². The number of nitrogens with one attached hydrogen (secondary N) is 3. The van der Waals surface area contributed by atoms with Crippen molar-refractivity contribution in [2.24, 2.45) is 0 Å². The molecule has 1 atom stereocenters. The number of hydrogen-bond donors (Lipinski definition) is 3. The van der Waals surface area contributed by atoms with Gasteiger partial charge >= 0.3 is 12.4 Å². The van der Waals surface area contributed by atoms with Gasteiger partial charge in [-0.05, 0) is 55.0 Å². The van der Waals surface area contributed by atoms with E-state index >= 15 is 0 Å². The first-order chi connectivity index (χ1) is 18.6. The maximum Gasteiger partial charge on any atom is 0.428 e. The molecule has 1 aliphatic heterocycles. The van der Waals surface area contributed by atoms with E-state index in [4.69, 9.17) is 16.4 Å². The Kier molecular flexibility index (Phi) is 7.79. The summed E-state index contributed by atoms with van der Waals surface area (Å²) in [4.78, 5) is 29.8. The highest BCUT2D eigenvalue weighted by molar-refractivity contribution is 6.30. The zero-order chi connectivity index (χ0) is 29.5. The zero-order valence-electron chi connectivity index (χ0n) is 20.9. The van der Waals surface area contributed by atoms with Crippen molar-refractivity contribution < 1.29 is 40.8 Å². The summed E-state index contributed by atoms with van der Waals surface area (Å²) in [5.41, 5.74) is -3.18. The normalized spacial score (nSPS) is 17.5. The van der Waals surface area contributed by atoms with Crippen LogP contribution in [-0.4, -0.2) is 30.6 Å². The lowest BCUT2D eigenvalue weighted by Gasteiger charge is -2.29. The van der Waals surface area contributed by atoms with E-state index < -0.39 is 45.9 Å². The molecule has 13 heteroatoms. The molecular weight excluding hydrogens is 564 g/mol. The number of carbonyl (C=O) groups excluding carboxylic acids is 2. The molecule has 3 aromatic carbocycles. The van der Waals surface area contributed by atoms with Crippen LogP contribution in [0.3, 0.4) is 0 Å². The molecule has 0 radical (unpaired) electrons. The quantitative estimate of drug-likeness (QED) is 0.306. The van der Waals surface area contributed by atoms with E-state index in [2.05, 4.69) is 16.1 Å². The van der Waals surface area contributed by atoms with Crippen LogP contribution in [-0.2, 0) is 21.4 Å². The fraction of sp³-hybridized carbons (Fsp3) is 0.259. The number of fused-ring (bicyclic) bond motifs is 1. The van der Waals surface area contributed by atoms with Gasteiger partial charge in [0.2, 0.25) is 11.5 Å². The molecule has 0 aromatic heterocycles. The Morgan fingerprint density at radius 2 is 1.68 bits per heavy atom. The van der Waals surface area contributed by atoms with Crippen LogP contribution < -0.4 is 16.1 Å². The number of amides is 2. The van der Waals surface area contributed by atoms with Gasteiger partial charge in [-0.25, -0.2) is 0 Å². The van der Waals surface area contributed by atoms with E-state index in [1.54, 1.807) is 38.1 Å². The standard InChI is InChI=1S/C27H22ClF6N3O3/c1-14(2)36-23(38)13-35-24(39)21-8-7-20(18-5-3-4-6-19(18)21)22-12-25(40-37-22,27(32,33)34)15-9-16(26(29,30)31)11-17(28)10-15/h3-12,14,37H,13H2,1-2H3,(H,35,39)(H,36,38). The van der Waals surface area contributed by atoms with Crippen LogP contribution in [0.1, 0.15) is 40.9 Å². The zero-order valence-corrected chi connectivity index (χ0v) is 21.7. The molecule has 0 fully saturated rings. The summed E-state index contributed by atoms with van der Waals surface area (Å²) in [5, 5.41) is 5.29. The van der Waals surface area contributed by atoms with Crippen molar-refractivity contribution in [3.05, 3.63) is 87.9 Å². The van der Waals surface area contributed by atoms with Gasteiger partial charge in [0.05, 0.1) is 17.8 Å². The van der Waals surface area contributed by atoms with Gasteiger partial charge in [-0.15, -0.1) is 0 Å². The van der Waals surface area contributed by atoms with Crippen LogP contribution in [0.25, 0.3) is 16.5 Å². The number of benzene rings is 3. The maximum absolute atomic E-state index is 14.4. The van der Waals surface area contributed by atoms with Crippen LogP contribution in [0, 0.1) is 0 Å². The smallest absolute Gasteiger partial charge is 0.352 e. The fourth-order valence-corrected chi connectivity index (χ4v) is 4.54. The van der Waals surface area contributed by atoms with Crippen LogP contribution in [0.4, 0.5) is 26.3 Å². The van der Waals surface area contributed by atoms with Gasteiger partial charge in [-0.2, -0.15) is 26.3 Å². The van der Waals surface area contributed by atoms with Crippen molar-refractivity contribution in [1.29, 1.82) is 0 Å². The fourth-order valence-electron chi connectivity index (χ4n) is 4.30. The monoisotopic (exact) mass is 585 g/mol. The second kappa shape index (κ2) is 10.7. The lowest BCUT2D eigenvalue weighted by atomic mass is 9.89. The van der Waals surface area contributed by atoms with Gasteiger partial charge in [0.15, 0.2) is 0 Å². The molecule has 4 rings (SSSR count). The lowest BCUT2D eigenvalue weighted by Crippen LogP contribution is -2.42. The second-order valence-electron chi connectivity index (χ2n) is 9.33. The third-order valence-electron chi connectivity index (χ3n) is 6.06. The molecular formula is C27H22ClF6N3O3. The highest BCUT2D eigenvalue weighted by atomic mass is 35.5. The second-order valence-corrected chi connectivity index (χ2v) is 9.77. The molecule has 1 heterocycles. The number of halogens is 7. The number of rotatable bonds is 6. The number of hydrogen-bond acceptors (Lipinski definition) is 4. The summed E-state index contributed by atoms with van der Waals surface area (Å²) < 4.78 is 83.4. The summed E-state index contributed by atoms with van der Waals surface area (Å²) in [6.45, 7) is 3.23. The topological polar surface area (TPSA) is 79.5 Å². The van der Waals surface area contributed by atoms with Crippen LogP contribution in [0.2, 0.25) is 5.02 Å². The Hall–Kier alpha value is -3.77. The van der Waals surface area contributed by atoms with E-state index in [1.165, 1.54) is 12.1 Å². The molecule has 6 nitrogen and oxygen atoms in total. The minimum Gasteiger partial charge on any atom is -0.352 e. The highest BCUT2D eigenvalue weighted by Gasteiger charge is 2.60. The molecule has 0 aliphatic carbocycles. The number of alkyl halides is 6. The first kappa shape index (κ1) is 29.2. The van der Waals surface area contributed by atoms with Crippen molar-refractivity contribution in [2.75, 3.05) is 6.54 Å². The van der Waals surface area contributed by atoms with E-state index in [0.29, 0.717) is 29.0 Å². The molecule has 0 saturated heterocycles. The predicted octanol–water partition coefficient (Wildman–Crippen LogP) is 6.10. The highest BCUT2D eigenvalue weighted by Crippen LogP contribution is 2.49. The first-order valence-corrected chi connectivity index (χ1v) is 12.2. The molecule has 3 N–H and O–H groups in total. The van der Waals surface area contributed by atoms with Gasteiger partial charge in [0, 0.05) is 27.8 Å². The van der Waals surface area contributed by atoms with Gasteiger partial charge in [0.25, 0.3) is 5.91 Å². The van der Waals surface area contributed by atoms with E-state index in [9.17, 15) is 35.9 Å². The minimum absolute atomic E-state index is 0.130. The Balaban J connectivity index is 1.77. The van der Waals surface area contributed by atoms with Crippen molar-refractivity contribution in [1.82, 2.24) is 16.1 Å². The average Bonchev–Trinajstić information content (AvgIpc) is 3.32. The molecule has 212 valence electrons. The van der Waals surface area contributed by atoms with E-state index in [0.717, 1.165) is 6.07 Å². The summed E-state index contributed by atoms with van der Waals surface area (Å²) in [7, 11) is 0. The Morgan fingerprint density at radius 3 is 2.30 bits per heavy atom. The van der Waals surface area contributed by atoms with Crippen LogP contribution in [0.5, 0.6) is 0 Å². The molecule has 0 spiro atoms. The summed E-state index contributed by atoms with van der Waals surface area (Å²) in [6, 6.07) is 10.6. The average molecular weight is 586 g/mol. The molecule has 1 unspecified atom stereocenters. The van der Waals surface area contributed by atoms with Crippen molar-refractivity contribution in [2.45, 2.75) is 37.8 Å². The number of hydroxylamine groups is 1. The van der Waals surface area contributed by atoms with Crippen LogP contribution in [0.15, 0.2) is 60.7 Å². The predicted molar refractivity (Wildman–Crippen MR) is 136 cm³/mol. The summed E-state index contributed by atoms with van der Waals surface area (Å²) >= 11 is 5.77. The van der Waals surface area contributed by atoms with Gasteiger partial charge in [0.1, 0.15) is 0 Å². The molecule has 0 saturated carbocycles. The Bertz CT molecular complexity index is 1500.